The first-order chi connectivity index (χ1) is 11.6. The van der Waals surface area contributed by atoms with Gasteiger partial charge in [-0.3, -0.25) is 4.79 Å². The smallest absolute Gasteiger partial charge is 0.316 e. The third-order valence-electron chi connectivity index (χ3n) is 3.71. The van der Waals surface area contributed by atoms with Crippen LogP contribution in [0.25, 0.3) is 0 Å². The fourth-order valence-electron chi connectivity index (χ4n) is 2.34. The quantitative estimate of drug-likeness (QED) is 0.728. The lowest BCUT2D eigenvalue weighted by atomic mass is 10.1. The summed E-state index contributed by atoms with van der Waals surface area (Å²) in [5.41, 5.74) is 8.53. The van der Waals surface area contributed by atoms with Crippen molar-refractivity contribution in [3.63, 3.8) is 0 Å². The molecule has 5 heteroatoms. The molecule has 2 rings (SSSR count). The SMILES string of the molecule is CCCCc1ccc(C(=O)NCc2ccc(NC(N)=O)cc2)cc1. The normalized spacial score (nSPS) is 10.2. The third kappa shape index (κ3) is 5.43. The van der Waals surface area contributed by atoms with Gasteiger partial charge in [-0.1, -0.05) is 37.6 Å². The van der Waals surface area contributed by atoms with Crippen LogP contribution in [0.4, 0.5) is 10.5 Å². The second kappa shape index (κ2) is 8.72. The van der Waals surface area contributed by atoms with Crippen molar-refractivity contribution in [3.05, 3.63) is 65.2 Å². The van der Waals surface area contributed by atoms with Crippen LogP contribution in [0.2, 0.25) is 0 Å². The van der Waals surface area contributed by atoms with Crippen LogP contribution in [0.15, 0.2) is 48.5 Å². The Bertz CT molecular complexity index is 679. The monoisotopic (exact) mass is 325 g/mol. The van der Waals surface area contributed by atoms with Gasteiger partial charge in [-0.15, -0.1) is 0 Å². The van der Waals surface area contributed by atoms with E-state index in [1.807, 2.05) is 36.4 Å². The van der Waals surface area contributed by atoms with Crippen LogP contribution in [-0.4, -0.2) is 11.9 Å². The summed E-state index contributed by atoms with van der Waals surface area (Å²) in [5.74, 6) is -0.101. The van der Waals surface area contributed by atoms with Gasteiger partial charge in [0.15, 0.2) is 0 Å². The number of aryl methyl sites for hydroxylation is 1. The molecule has 0 aliphatic heterocycles. The van der Waals surface area contributed by atoms with Crippen LogP contribution in [0.1, 0.15) is 41.3 Å². The molecule has 3 amide bonds. The lowest BCUT2D eigenvalue weighted by Gasteiger charge is -2.08. The number of amides is 3. The highest BCUT2D eigenvalue weighted by Crippen LogP contribution is 2.10. The number of primary amides is 1. The Morgan fingerprint density at radius 2 is 1.58 bits per heavy atom. The summed E-state index contributed by atoms with van der Waals surface area (Å²) < 4.78 is 0. The summed E-state index contributed by atoms with van der Waals surface area (Å²) >= 11 is 0. The molecule has 0 aliphatic carbocycles. The van der Waals surface area contributed by atoms with E-state index in [1.165, 1.54) is 5.56 Å². The molecule has 0 saturated heterocycles. The number of carbonyl (C=O) groups excluding carboxylic acids is 2. The van der Waals surface area contributed by atoms with Crippen molar-refractivity contribution in [1.82, 2.24) is 5.32 Å². The molecule has 0 bridgehead atoms. The summed E-state index contributed by atoms with van der Waals surface area (Å²) in [7, 11) is 0. The van der Waals surface area contributed by atoms with Crippen molar-refractivity contribution in [3.8, 4) is 0 Å². The minimum atomic E-state index is -0.599. The molecule has 0 aromatic heterocycles. The number of carbonyl (C=O) groups is 2. The van der Waals surface area contributed by atoms with E-state index in [2.05, 4.69) is 17.6 Å². The van der Waals surface area contributed by atoms with Crippen molar-refractivity contribution >= 4 is 17.6 Å². The van der Waals surface area contributed by atoms with Crippen LogP contribution in [-0.2, 0) is 13.0 Å². The van der Waals surface area contributed by atoms with Crippen LogP contribution in [0.3, 0.4) is 0 Å². The Balaban J connectivity index is 1.87. The molecule has 24 heavy (non-hydrogen) atoms. The van der Waals surface area contributed by atoms with E-state index < -0.39 is 6.03 Å². The molecule has 126 valence electrons. The maximum atomic E-state index is 12.2. The Morgan fingerprint density at radius 1 is 0.958 bits per heavy atom. The van der Waals surface area contributed by atoms with E-state index in [0.717, 1.165) is 24.8 Å². The van der Waals surface area contributed by atoms with Crippen molar-refractivity contribution in [1.29, 1.82) is 0 Å². The number of unbranched alkanes of at least 4 members (excludes halogenated alkanes) is 1. The Labute approximate surface area is 142 Å². The van der Waals surface area contributed by atoms with Gasteiger partial charge in [0.05, 0.1) is 0 Å². The second-order valence-electron chi connectivity index (χ2n) is 5.67. The Morgan fingerprint density at radius 3 is 2.17 bits per heavy atom. The molecule has 0 unspecified atom stereocenters. The lowest BCUT2D eigenvalue weighted by molar-refractivity contribution is 0.0951. The number of nitrogens with two attached hydrogens (primary N) is 1. The molecular formula is C19H23N3O2. The minimum absolute atomic E-state index is 0.101. The number of hydrogen-bond donors (Lipinski definition) is 3. The van der Waals surface area contributed by atoms with E-state index in [4.69, 9.17) is 5.73 Å². The summed E-state index contributed by atoms with van der Waals surface area (Å²) in [4.78, 5) is 22.9. The van der Waals surface area contributed by atoms with E-state index >= 15 is 0 Å². The van der Waals surface area contributed by atoms with Gasteiger partial charge >= 0.3 is 6.03 Å². The molecule has 2 aromatic rings. The number of hydrogen-bond acceptors (Lipinski definition) is 2. The number of anilines is 1. The molecule has 0 radical (unpaired) electrons. The molecule has 0 atom stereocenters. The summed E-state index contributed by atoms with van der Waals surface area (Å²) in [5, 5.41) is 5.38. The maximum Gasteiger partial charge on any atom is 0.316 e. The third-order valence-corrected chi connectivity index (χ3v) is 3.71. The summed E-state index contributed by atoms with van der Waals surface area (Å²) in [6, 6.07) is 14.3. The zero-order chi connectivity index (χ0) is 17.4. The topological polar surface area (TPSA) is 84.2 Å². The fraction of sp³-hybridized carbons (Fsp3) is 0.263. The molecule has 2 aromatic carbocycles. The zero-order valence-corrected chi connectivity index (χ0v) is 13.8. The molecule has 5 nitrogen and oxygen atoms in total. The van der Waals surface area contributed by atoms with Crippen LogP contribution in [0.5, 0.6) is 0 Å². The maximum absolute atomic E-state index is 12.2. The first-order valence-corrected chi connectivity index (χ1v) is 8.11. The highest BCUT2D eigenvalue weighted by Gasteiger charge is 2.05. The first-order valence-electron chi connectivity index (χ1n) is 8.11. The second-order valence-corrected chi connectivity index (χ2v) is 5.67. The van der Waals surface area contributed by atoms with E-state index in [1.54, 1.807) is 12.1 Å². The molecule has 0 saturated carbocycles. The van der Waals surface area contributed by atoms with Crippen molar-refractivity contribution in [2.75, 3.05) is 5.32 Å². The van der Waals surface area contributed by atoms with Gasteiger partial charge in [-0.2, -0.15) is 0 Å². The van der Waals surface area contributed by atoms with E-state index in [0.29, 0.717) is 17.8 Å². The molecular weight excluding hydrogens is 302 g/mol. The van der Waals surface area contributed by atoms with Gasteiger partial charge in [0.1, 0.15) is 0 Å². The van der Waals surface area contributed by atoms with E-state index in [-0.39, 0.29) is 5.91 Å². The van der Waals surface area contributed by atoms with Crippen LogP contribution < -0.4 is 16.4 Å². The average molecular weight is 325 g/mol. The number of urea groups is 1. The average Bonchev–Trinajstić information content (AvgIpc) is 2.59. The van der Waals surface area contributed by atoms with Crippen molar-refractivity contribution in [2.45, 2.75) is 32.7 Å². The zero-order valence-electron chi connectivity index (χ0n) is 13.8. The Hall–Kier alpha value is -2.82. The van der Waals surface area contributed by atoms with Gasteiger partial charge < -0.3 is 16.4 Å². The van der Waals surface area contributed by atoms with Gasteiger partial charge in [-0.05, 0) is 48.2 Å². The largest absolute Gasteiger partial charge is 0.351 e. The van der Waals surface area contributed by atoms with Gasteiger partial charge in [-0.25, -0.2) is 4.79 Å². The van der Waals surface area contributed by atoms with Crippen LogP contribution >= 0.6 is 0 Å². The van der Waals surface area contributed by atoms with Crippen LogP contribution in [0, 0.1) is 0 Å². The highest BCUT2D eigenvalue weighted by atomic mass is 16.2. The Kier molecular flexibility index (Phi) is 6.37. The van der Waals surface area contributed by atoms with Gasteiger partial charge in [0.25, 0.3) is 5.91 Å². The number of benzene rings is 2. The lowest BCUT2D eigenvalue weighted by Crippen LogP contribution is -2.23. The van der Waals surface area contributed by atoms with Gasteiger partial charge in [0, 0.05) is 17.8 Å². The van der Waals surface area contributed by atoms with Crippen molar-refractivity contribution in [2.24, 2.45) is 5.73 Å². The summed E-state index contributed by atoms with van der Waals surface area (Å²) in [6.07, 6.45) is 3.37. The predicted octanol–water partition coefficient (Wildman–Crippen LogP) is 3.45. The predicted molar refractivity (Wildman–Crippen MR) is 95.9 cm³/mol. The van der Waals surface area contributed by atoms with Gasteiger partial charge in [0.2, 0.25) is 0 Å². The number of nitrogens with one attached hydrogen (secondary N) is 2. The fourth-order valence-corrected chi connectivity index (χ4v) is 2.34. The van der Waals surface area contributed by atoms with Crippen molar-refractivity contribution < 1.29 is 9.59 Å². The molecule has 0 fully saturated rings. The standard InChI is InChI=1S/C19H23N3O2/c1-2-3-4-14-5-9-16(10-6-14)18(23)21-13-15-7-11-17(12-8-15)22-19(20)24/h5-12H,2-4,13H2,1H3,(H,21,23)(H3,20,22,24). The minimum Gasteiger partial charge on any atom is -0.351 e. The molecule has 0 spiro atoms. The number of rotatable bonds is 7. The molecule has 4 N–H and O–H groups in total. The van der Waals surface area contributed by atoms with E-state index in [9.17, 15) is 9.59 Å². The first kappa shape index (κ1) is 17.5. The molecule has 0 heterocycles. The summed E-state index contributed by atoms with van der Waals surface area (Å²) in [6.45, 7) is 2.59. The molecule has 0 aliphatic rings. The highest BCUT2D eigenvalue weighted by molar-refractivity contribution is 5.94.